The Hall–Kier alpha value is -1.88. The number of anilines is 1. The van der Waals surface area contributed by atoms with Crippen molar-refractivity contribution in [2.75, 3.05) is 5.32 Å². The minimum absolute atomic E-state index is 0.752. The Morgan fingerprint density at radius 3 is 3.25 bits per heavy atom. The highest BCUT2D eigenvalue weighted by molar-refractivity contribution is 7.09. The zero-order valence-corrected chi connectivity index (χ0v) is 9.29. The number of aromatic nitrogens is 3. The molecule has 0 unspecified atom stereocenters. The normalized spacial score (nSPS) is 10.8. The lowest BCUT2D eigenvalue weighted by Crippen LogP contribution is -1.98. The first kappa shape index (κ1) is 9.35. The van der Waals surface area contributed by atoms with E-state index in [2.05, 4.69) is 20.5 Å². The second-order valence-electron chi connectivity index (χ2n) is 3.42. The molecule has 1 aromatic carbocycles. The molecule has 0 spiro atoms. The third-order valence-corrected chi connectivity index (χ3v) is 3.18. The molecule has 3 aromatic rings. The van der Waals surface area contributed by atoms with Crippen LogP contribution >= 0.6 is 11.3 Å². The molecule has 0 saturated heterocycles. The van der Waals surface area contributed by atoms with Gasteiger partial charge in [0.1, 0.15) is 5.01 Å². The first-order chi connectivity index (χ1) is 7.93. The van der Waals surface area contributed by atoms with Crippen LogP contribution in [-0.4, -0.2) is 15.2 Å². The molecule has 3 rings (SSSR count). The SMILES string of the molecule is c1cc(NCc2nccs2)c2cn[nH]c2c1. The number of hydrogen-bond donors (Lipinski definition) is 2. The van der Waals surface area contributed by atoms with Gasteiger partial charge in [0.05, 0.1) is 18.3 Å². The fourth-order valence-electron chi connectivity index (χ4n) is 1.63. The molecule has 0 aliphatic rings. The summed E-state index contributed by atoms with van der Waals surface area (Å²) in [6, 6.07) is 6.06. The topological polar surface area (TPSA) is 53.6 Å². The molecule has 0 atom stereocenters. The number of fused-ring (bicyclic) bond motifs is 1. The number of thiazole rings is 1. The summed E-state index contributed by atoms with van der Waals surface area (Å²) < 4.78 is 0. The number of aromatic amines is 1. The standard InChI is InChI=1S/C11H10N4S/c1-2-9(8-6-14-15-10(8)3-1)13-7-11-12-4-5-16-11/h1-6,13H,7H2,(H,14,15). The van der Waals surface area contributed by atoms with Crippen molar-refractivity contribution in [3.8, 4) is 0 Å². The van der Waals surface area contributed by atoms with E-state index in [1.54, 1.807) is 11.3 Å². The molecule has 5 heteroatoms. The second-order valence-corrected chi connectivity index (χ2v) is 4.40. The van der Waals surface area contributed by atoms with Gasteiger partial charge in [0.25, 0.3) is 0 Å². The molecular weight excluding hydrogens is 220 g/mol. The predicted molar refractivity (Wildman–Crippen MR) is 65.5 cm³/mol. The van der Waals surface area contributed by atoms with Crippen LogP contribution in [0.4, 0.5) is 5.69 Å². The van der Waals surface area contributed by atoms with Gasteiger partial charge in [-0.15, -0.1) is 11.3 Å². The van der Waals surface area contributed by atoms with Gasteiger partial charge in [0.15, 0.2) is 0 Å². The third-order valence-electron chi connectivity index (χ3n) is 2.40. The second kappa shape index (κ2) is 3.94. The van der Waals surface area contributed by atoms with Crippen molar-refractivity contribution in [2.24, 2.45) is 0 Å². The molecular formula is C11H10N4S. The van der Waals surface area contributed by atoms with E-state index in [4.69, 9.17) is 0 Å². The van der Waals surface area contributed by atoms with E-state index in [9.17, 15) is 0 Å². The summed E-state index contributed by atoms with van der Waals surface area (Å²) in [4.78, 5) is 4.23. The average Bonchev–Trinajstić information content (AvgIpc) is 2.97. The molecule has 80 valence electrons. The van der Waals surface area contributed by atoms with Crippen molar-refractivity contribution < 1.29 is 0 Å². The minimum Gasteiger partial charge on any atom is -0.378 e. The zero-order chi connectivity index (χ0) is 10.8. The van der Waals surface area contributed by atoms with Gasteiger partial charge in [0.2, 0.25) is 0 Å². The Labute approximate surface area is 96.3 Å². The first-order valence-corrected chi connectivity index (χ1v) is 5.86. The summed E-state index contributed by atoms with van der Waals surface area (Å²) in [5.41, 5.74) is 2.13. The molecule has 0 radical (unpaired) electrons. The largest absolute Gasteiger partial charge is 0.378 e. The van der Waals surface area contributed by atoms with Gasteiger partial charge in [-0.1, -0.05) is 6.07 Å². The molecule has 0 saturated carbocycles. The quantitative estimate of drug-likeness (QED) is 0.727. The number of nitrogens with zero attached hydrogens (tertiary/aromatic N) is 2. The van der Waals surface area contributed by atoms with E-state index in [1.165, 1.54) is 0 Å². The van der Waals surface area contributed by atoms with Crippen LogP contribution in [0, 0.1) is 0 Å². The maximum Gasteiger partial charge on any atom is 0.112 e. The van der Waals surface area contributed by atoms with E-state index in [0.29, 0.717) is 0 Å². The summed E-state index contributed by atoms with van der Waals surface area (Å²) in [5.74, 6) is 0. The van der Waals surface area contributed by atoms with Crippen LogP contribution in [0.5, 0.6) is 0 Å². The Bertz CT molecular complexity index is 585. The fourth-order valence-corrected chi connectivity index (χ4v) is 2.19. The van der Waals surface area contributed by atoms with Crippen LogP contribution in [0.15, 0.2) is 36.0 Å². The Morgan fingerprint density at radius 2 is 2.38 bits per heavy atom. The lowest BCUT2D eigenvalue weighted by atomic mass is 10.2. The van der Waals surface area contributed by atoms with Crippen LogP contribution in [0.2, 0.25) is 0 Å². The molecule has 2 heterocycles. The van der Waals surface area contributed by atoms with Crippen molar-refractivity contribution in [3.63, 3.8) is 0 Å². The van der Waals surface area contributed by atoms with Crippen molar-refractivity contribution in [1.82, 2.24) is 15.2 Å². The fraction of sp³-hybridized carbons (Fsp3) is 0.0909. The smallest absolute Gasteiger partial charge is 0.112 e. The molecule has 0 aliphatic carbocycles. The predicted octanol–water partition coefficient (Wildman–Crippen LogP) is 2.63. The highest BCUT2D eigenvalue weighted by atomic mass is 32.1. The third kappa shape index (κ3) is 1.65. The highest BCUT2D eigenvalue weighted by Crippen LogP contribution is 2.21. The lowest BCUT2D eigenvalue weighted by molar-refractivity contribution is 1.11. The van der Waals surface area contributed by atoms with Gasteiger partial charge in [0, 0.05) is 22.7 Å². The van der Waals surface area contributed by atoms with Crippen molar-refractivity contribution >= 4 is 27.9 Å². The van der Waals surface area contributed by atoms with Crippen LogP contribution in [0.25, 0.3) is 10.9 Å². The number of benzene rings is 1. The monoisotopic (exact) mass is 230 g/mol. The average molecular weight is 230 g/mol. The summed E-state index contributed by atoms with van der Waals surface area (Å²) >= 11 is 1.65. The molecule has 0 fully saturated rings. The number of hydrogen-bond acceptors (Lipinski definition) is 4. The molecule has 4 nitrogen and oxygen atoms in total. The number of nitrogens with one attached hydrogen (secondary N) is 2. The van der Waals surface area contributed by atoms with E-state index in [0.717, 1.165) is 28.1 Å². The van der Waals surface area contributed by atoms with Gasteiger partial charge in [-0.05, 0) is 12.1 Å². The molecule has 0 amide bonds. The molecule has 0 bridgehead atoms. The van der Waals surface area contributed by atoms with Gasteiger partial charge >= 0.3 is 0 Å². The van der Waals surface area contributed by atoms with Crippen LogP contribution in [0.1, 0.15) is 5.01 Å². The van der Waals surface area contributed by atoms with Gasteiger partial charge < -0.3 is 5.32 Å². The van der Waals surface area contributed by atoms with Gasteiger partial charge in [-0.2, -0.15) is 5.10 Å². The molecule has 0 aliphatic heterocycles. The summed E-state index contributed by atoms with van der Waals surface area (Å²) in [5, 5.41) is 14.5. The van der Waals surface area contributed by atoms with Crippen molar-refractivity contribution in [2.45, 2.75) is 6.54 Å². The Morgan fingerprint density at radius 1 is 1.38 bits per heavy atom. The summed E-state index contributed by atoms with van der Waals surface area (Å²) in [6.07, 6.45) is 3.65. The first-order valence-electron chi connectivity index (χ1n) is 4.98. The van der Waals surface area contributed by atoms with E-state index in [-0.39, 0.29) is 0 Å². The van der Waals surface area contributed by atoms with Crippen LogP contribution < -0.4 is 5.32 Å². The van der Waals surface area contributed by atoms with Crippen LogP contribution in [-0.2, 0) is 6.54 Å². The summed E-state index contributed by atoms with van der Waals surface area (Å²) in [7, 11) is 0. The van der Waals surface area contributed by atoms with Crippen molar-refractivity contribution in [1.29, 1.82) is 0 Å². The zero-order valence-electron chi connectivity index (χ0n) is 8.47. The van der Waals surface area contributed by atoms with E-state index >= 15 is 0 Å². The molecule has 16 heavy (non-hydrogen) atoms. The van der Waals surface area contributed by atoms with Gasteiger partial charge in [-0.25, -0.2) is 4.98 Å². The summed E-state index contributed by atoms with van der Waals surface area (Å²) in [6.45, 7) is 0.752. The highest BCUT2D eigenvalue weighted by Gasteiger charge is 2.02. The number of rotatable bonds is 3. The molecule has 2 N–H and O–H groups in total. The Balaban J connectivity index is 1.86. The van der Waals surface area contributed by atoms with E-state index < -0.39 is 0 Å². The van der Waals surface area contributed by atoms with Gasteiger partial charge in [-0.3, -0.25) is 5.10 Å². The molecule has 2 aromatic heterocycles. The van der Waals surface area contributed by atoms with Crippen molar-refractivity contribution in [3.05, 3.63) is 41.0 Å². The minimum atomic E-state index is 0.752. The Kier molecular flexibility index (Phi) is 2.30. The van der Waals surface area contributed by atoms with E-state index in [1.807, 2.05) is 36.0 Å². The van der Waals surface area contributed by atoms with Crippen LogP contribution in [0.3, 0.4) is 0 Å². The lowest BCUT2D eigenvalue weighted by Gasteiger charge is -2.04. The maximum atomic E-state index is 4.23. The number of H-pyrrole nitrogens is 1. The maximum absolute atomic E-state index is 4.23.